The van der Waals surface area contributed by atoms with Crippen molar-refractivity contribution in [1.82, 2.24) is 5.32 Å². The van der Waals surface area contributed by atoms with Gasteiger partial charge in [-0.3, -0.25) is 4.79 Å². The van der Waals surface area contributed by atoms with Crippen molar-refractivity contribution in [2.24, 2.45) is 0 Å². The van der Waals surface area contributed by atoms with Crippen LogP contribution in [0, 0.1) is 5.82 Å². The molecule has 0 bridgehead atoms. The molecule has 0 aliphatic carbocycles. The van der Waals surface area contributed by atoms with E-state index in [1.54, 1.807) is 0 Å². The largest absolute Gasteiger partial charge is 0.493 e. The minimum Gasteiger partial charge on any atom is -0.493 e. The fourth-order valence-corrected chi connectivity index (χ4v) is 1.24. The van der Waals surface area contributed by atoms with Crippen molar-refractivity contribution in [2.45, 2.75) is 12.5 Å². The predicted molar refractivity (Wildman–Crippen MR) is 63.2 cm³/mol. The molecule has 3 N–H and O–H groups in total. The summed E-state index contributed by atoms with van der Waals surface area (Å²) in [4.78, 5) is 21.9. The van der Waals surface area contributed by atoms with Crippen LogP contribution in [0.25, 0.3) is 0 Å². The standard InChI is InChI=1S/C12H14FNO5/c13-8-1-3-9(4-2-8)19-6-5-11(16)14-10(7-15)12(17)18/h1-4,10,15H,5-7H2,(H,14,16)(H,17,18). The molecular formula is C12H14FNO5. The van der Waals surface area contributed by atoms with Crippen LogP contribution in [0.1, 0.15) is 6.42 Å². The first-order valence-corrected chi connectivity index (χ1v) is 5.54. The third kappa shape index (κ3) is 5.35. The highest BCUT2D eigenvalue weighted by atomic mass is 19.1. The molecule has 0 saturated heterocycles. The van der Waals surface area contributed by atoms with Crippen LogP contribution in [-0.4, -0.2) is 41.3 Å². The van der Waals surface area contributed by atoms with Gasteiger partial charge in [-0.1, -0.05) is 0 Å². The van der Waals surface area contributed by atoms with E-state index in [2.05, 4.69) is 5.32 Å². The molecule has 0 saturated carbocycles. The second kappa shape index (κ2) is 7.32. The molecule has 19 heavy (non-hydrogen) atoms. The van der Waals surface area contributed by atoms with E-state index in [1.807, 2.05) is 0 Å². The molecule has 0 heterocycles. The zero-order valence-corrected chi connectivity index (χ0v) is 10.0. The number of aliphatic hydroxyl groups is 1. The lowest BCUT2D eigenvalue weighted by Gasteiger charge is -2.11. The van der Waals surface area contributed by atoms with E-state index < -0.39 is 30.3 Å². The predicted octanol–water partition coefficient (Wildman–Crippen LogP) is 0.156. The molecule has 1 amide bonds. The summed E-state index contributed by atoms with van der Waals surface area (Å²) in [5, 5.41) is 19.5. The Bertz CT molecular complexity index is 434. The number of carboxylic acids is 1. The van der Waals surface area contributed by atoms with Crippen LogP contribution in [0.15, 0.2) is 24.3 Å². The summed E-state index contributed by atoms with van der Waals surface area (Å²) in [6.07, 6.45) is -0.0683. The molecule has 0 fully saturated rings. The van der Waals surface area contributed by atoms with Gasteiger partial charge >= 0.3 is 5.97 Å². The maximum atomic E-state index is 12.6. The molecule has 0 aromatic heterocycles. The van der Waals surface area contributed by atoms with E-state index in [4.69, 9.17) is 14.9 Å². The van der Waals surface area contributed by atoms with E-state index in [9.17, 15) is 14.0 Å². The quantitative estimate of drug-likeness (QED) is 0.656. The summed E-state index contributed by atoms with van der Waals surface area (Å²) in [6.45, 7) is -0.658. The third-order valence-electron chi connectivity index (χ3n) is 2.23. The number of aliphatic carboxylic acids is 1. The van der Waals surface area contributed by atoms with Crippen LogP contribution >= 0.6 is 0 Å². The third-order valence-corrected chi connectivity index (χ3v) is 2.23. The number of ether oxygens (including phenoxy) is 1. The fraction of sp³-hybridized carbons (Fsp3) is 0.333. The fourth-order valence-electron chi connectivity index (χ4n) is 1.24. The van der Waals surface area contributed by atoms with Gasteiger partial charge in [-0.2, -0.15) is 0 Å². The van der Waals surface area contributed by atoms with Crippen LogP contribution in [0.5, 0.6) is 5.75 Å². The van der Waals surface area contributed by atoms with Gasteiger partial charge in [0.2, 0.25) is 5.91 Å². The summed E-state index contributed by atoms with van der Waals surface area (Å²) in [6, 6.07) is 3.96. The van der Waals surface area contributed by atoms with E-state index in [0.717, 1.165) is 0 Å². The second-order valence-electron chi connectivity index (χ2n) is 3.69. The monoisotopic (exact) mass is 271 g/mol. The van der Waals surface area contributed by atoms with Crippen molar-refractivity contribution < 1.29 is 28.9 Å². The number of carbonyl (C=O) groups is 2. The number of aliphatic hydroxyl groups excluding tert-OH is 1. The smallest absolute Gasteiger partial charge is 0.328 e. The minimum absolute atomic E-state index is 0.0230. The SMILES string of the molecule is O=C(CCOc1ccc(F)cc1)NC(CO)C(=O)O. The van der Waals surface area contributed by atoms with Gasteiger partial charge in [0.1, 0.15) is 17.6 Å². The first kappa shape index (κ1) is 14.9. The first-order chi connectivity index (χ1) is 9.02. The molecule has 0 radical (unpaired) electrons. The molecule has 6 nitrogen and oxygen atoms in total. The van der Waals surface area contributed by atoms with Gasteiger partial charge in [0, 0.05) is 0 Å². The zero-order valence-electron chi connectivity index (χ0n) is 10.0. The number of rotatable bonds is 7. The molecule has 0 spiro atoms. The molecule has 104 valence electrons. The van der Waals surface area contributed by atoms with E-state index in [-0.39, 0.29) is 13.0 Å². The molecular weight excluding hydrogens is 257 g/mol. The Morgan fingerprint density at radius 2 is 1.95 bits per heavy atom. The molecule has 7 heteroatoms. The van der Waals surface area contributed by atoms with Crippen molar-refractivity contribution >= 4 is 11.9 Å². The summed E-state index contributed by atoms with van der Waals surface area (Å²) in [5.41, 5.74) is 0. The number of amides is 1. The number of hydrogen-bond acceptors (Lipinski definition) is 4. The van der Waals surface area contributed by atoms with Gasteiger partial charge in [-0.25, -0.2) is 9.18 Å². The van der Waals surface area contributed by atoms with E-state index in [1.165, 1.54) is 24.3 Å². The Hall–Kier alpha value is -2.15. The minimum atomic E-state index is -1.32. The lowest BCUT2D eigenvalue weighted by atomic mass is 10.3. The Morgan fingerprint density at radius 1 is 1.32 bits per heavy atom. The van der Waals surface area contributed by atoms with Crippen molar-refractivity contribution in [3.05, 3.63) is 30.1 Å². The lowest BCUT2D eigenvalue weighted by Crippen LogP contribution is -2.43. The highest BCUT2D eigenvalue weighted by Crippen LogP contribution is 2.11. The number of carbonyl (C=O) groups excluding carboxylic acids is 1. The number of halogens is 1. The molecule has 0 aliphatic rings. The van der Waals surface area contributed by atoms with Gasteiger partial charge in [-0.05, 0) is 24.3 Å². The van der Waals surface area contributed by atoms with Gasteiger partial charge in [-0.15, -0.1) is 0 Å². The average Bonchev–Trinajstić information content (AvgIpc) is 2.38. The maximum Gasteiger partial charge on any atom is 0.328 e. The van der Waals surface area contributed by atoms with E-state index in [0.29, 0.717) is 5.75 Å². The van der Waals surface area contributed by atoms with Crippen LogP contribution in [0.4, 0.5) is 4.39 Å². The van der Waals surface area contributed by atoms with Gasteiger partial charge < -0.3 is 20.3 Å². The topological polar surface area (TPSA) is 95.9 Å². The second-order valence-corrected chi connectivity index (χ2v) is 3.69. The van der Waals surface area contributed by atoms with Crippen LogP contribution in [0.2, 0.25) is 0 Å². The zero-order chi connectivity index (χ0) is 14.3. The van der Waals surface area contributed by atoms with Crippen LogP contribution < -0.4 is 10.1 Å². The molecule has 1 rings (SSSR count). The lowest BCUT2D eigenvalue weighted by molar-refractivity contribution is -0.143. The maximum absolute atomic E-state index is 12.6. The number of hydrogen-bond donors (Lipinski definition) is 3. The van der Waals surface area contributed by atoms with Crippen molar-refractivity contribution in [3.8, 4) is 5.75 Å². The summed E-state index contributed by atoms with van der Waals surface area (Å²) < 4.78 is 17.8. The Labute approximate surface area is 108 Å². The number of nitrogens with one attached hydrogen (secondary N) is 1. The average molecular weight is 271 g/mol. The Balaban J connectivity index is 2.30. The molecule has 0 aliphatic heterocycles. The van der Waals surface area contributed by atoms with Gasteiger partial charge in [0.05, 0.1) is 19.6 Å². The molecule has 1 aromatic rings. The van der Waals surface area contributed by atoms with Crippen molar-refractivity contribution in [2.75, 3.05) is 13.2 Å². The molecule has 1 aromatic carbocycles. The van der Waals surface area contributed by atoms with Crippen molar-refractivity contribution in [1.29, 1.82) is 0 Å². The Kier molecular flexibility index (Phi) is 5.74. The van der Waals surface area contributed by atoms with E-state index >= 15 is 0 Å². The first-order valence-electron chi connectivity index (χ1n) is 5.54. The highest BCUT2D eigenvalue weighted by Gasteiger charge is 2.18. The summed E-state index contributed by atoms with van der Waals surface area (Å²) >= 11 is 0. The van der Waals surface area contributed by atoms with Crippen LogP contribution in [0.3, 0.4) is 0 Å². The summed E-state index contributed by atoms with van der Waals surface area (Å²) in [5.74, 6) is -1.85. The van der Waals surface area contributed by atoms with Gasteiger partial charge in [0.25, 0.3) is 0 Å². The Morgan fingerprint density at radius 3 is 2.47 bits per heavy atom. The van der Waals surface area contributed by atoms with Crippen molar-refractivity contribution in [3.63, 3.8) is 0 Å². The van der Waals surface area contributed by atoms with Gasteiger partial charge in [0.15, 0.2) is 0 Å². The van der Waals surface area contributed by atoms with Crippen LogP contribution in [-0.2, 0) is 9.59 Å². The number of benzene rings is 1. The molecule has 1 unspecified atom stereocenters. The normalized spacial score (nSPS) is 11.7. The number of carboxylic acid groups (broad SMARTS) is 1. The molecule has 1 atom stereocenters. The summed E-state index contributed by atoms with van der Waals surface area (Å²) in [7, 11) is 0. The highest BCUT2D eigenvalue weighted by molar-refractivity contribution is 5.83.